The second-order valence-electron chi connectivity index (χ2n) is 5.61. The fourth-order valence-corrected chi connectivity index (χ4v) is 2.73. The molecule has 0 radical (unpaired) electrons. The summed E-state index contributed by atoms with van der Waals surface area (Å²) in [5.74, 6) is -1.29. The van der Waals surface area contributed by atoms with E-state index < -0.39 is 35.0 Å². The van der Waals surface area contributed by atoms with Crippen molar-refractivity contribution >= 4 is 10.9 Å². The summed E-state index contributed by atoms with van der Waals surface area (Å²) in [4.78, 5) is 7.16. The highest BCUT2D eigenvalue weighted by Gasteiger charge is 2.38. The quantitative estimate of drug-likeness (QED) is 0.565. The third-order valence-electron chi connectivity index (χ3n) is 3.89. The molecule has 138 valence electrons. The molecule has 1 aromatic carbocycles. The van der Waals surface area contributed by atoms with Gasteiger partial charge in [0.1, 0.15) is 11.6 Å². The van der Waals surface area contributed by atoms with E-state index in [1.807, 2.05) is 6.07 Å². The Bertz CT molecular complexity index is 1020. The molecule has 0 saturated carbocycles. The van der Waals surface area contributed by atoms with Gasteiger partial charge >= 0.3 is 12.4 Å². The first kappa shape index (κ1) is 18.6. The van der Waals surface area contributed by atoms with E-state index in [-0.39, 0.29) is 16.6 Å². The van der Waals surface area contributed by atoms with Crippen LogP contribution in [-0.4, -0.2) is 9.97 Å². The summed E-state index contributed by atoms with van der Waals surface area (Å²) in [5.41, 5.74) is -3.77. The van der Waals surface area contributed by atoms with Crippen LogP contribution in [0.3, 0.4) is 0 Å². The summed E-state index contributed by atoms with van der Waals surface area (Å²) in [6.45, 7) is 0. The van der Waals surface area contributed by atoms with Crippen molar-refractivity contribution < 1.29 is 26.3 Å². The molecule has 27 heavy (non-hydrogen) atoms. The van der Waals surface area contributed by atoms with Crippen molar-refractivity contribution in [3.63, 3.8) is 0 Å². The Morgan fingerprint density at radius 1 is 0.926 bits per heavy atom. The highest BCUT2D eigenvalue weighted by atomic mass is 19.4. The van der Waals surface area contributed by atoms with E-state index >= 15 is 0 Å². The summed E-state index contributed by atoms with van der Waals surface area (Å²) in [6.07, 6.45) is -8.54. The van der Waals surface area contributed by atoms with Gasteiger partial charge in [0.05, 0.1) is 22.8 Å². The monoisotopic (exact) mass is 381 g/mol. The number of nitrogens with zero attached hydrogens (tertiary/aromatic N) is 3. The van der Waals surface area contributed by atoms with Gasteiger partial charge in [-0.25, -0.2) is 4.98 Å². The number of hydrogen-bond acceptors (Lipinski definition) is 3. The Morgan fingerprint density at radius 2 is 1.67 bits per heavy atom. The van der Waals surface area contributed by atoms with Gasteiger partial charge in [-0.05, 0) is 29.8 Å². The van der Waals surface area contributed by atoms with Crippen LogP contribution < -0.4 is 0 Å². The van der Waals surface area contributed by atoms with Crippen molar-refractivity contribution in [1.82, 2.24) is 9.97 Å². The van der Waals surface area contributed by atoms with Crippen LogP contribution in [0.5, 0.6) is 0 Å². The lowest BCUT2D eigenvalue weighted by Crippen LogP contribution is -2.14. The number of nitriles is 1. The fraction of sp³-hybridized carbons (Fsp3) is 0.167. The second-order valence-corrected chi connectivity index (χ2v) is 5.61. The Morgan fingerprint density at radius 3 is 2.22 bits per heavy atom. The standard InChI is InChI=1S/C18H9F6N3/c19-17(20,21)13-5-3-4-10-11(8-15(18(22,23)24)27-16(10)13)12(9-25)14-6-1-2-7-26-14/h1-8,12H. The highest BCUT2D eigenvalue weighted by Crippen LogP contribution is 2.40. The SMILES string of the molecule is N#CC(c1ccccn1)c1cc(C(F)(F)F)nc2c(C(F)(F)F)cccc12. The van der Waals surface area contributed by atoms with Crippen LogP contribution in [-0.2, 0) is 12.4 Å². The molecule has 1 atom stereocenters. The molecule has 3 rings (SSSR count). The van der Waals surface area contributed by atoms with Crippen LogP contribution in [0.15, 0.2) is 48.7 Å². The number of alkyl halides is 6. The lowest BCUT2D eigenvalue weighted by molar-refractivity contribution is -0.142. The topological polar surface area (TPSA) is 49.6 Å². The number of rotatable bonds is 2. The molecule has 0 saturated heterocycles. The highest BCUT2D eigenvalue weighted by molar-refractivity contribution is 5.87. The first-order valence-electron chi connectivity index (χ1n) is 7.51. The zero-order valence-electron chi connectivity index (χ0n) is 13.3. The third-order valence-corrected chi connectivity index (χ3v) is 3.89. The first-order valence-corrected chi connectivity index (χ1v) is 7.51. The van der Waals surface area contributed by atoms with Gasteiger partial charge in [0.2, 0.25) is 0 Å². The molecule has 3 nitrogen and oxygen atoms in total. The van der Waals surface area contributed by atoms with Crippen molar-refractivity contribution in [2.75, 3.05) is 0 Å². The minimum absolute atomic E-state index is 0.123. The number of hydrogen-bond donors (Lipinski definition) is 0. The van der Waals surface area contributed by atoms with E-state index in [1.54, 1.807) is 6.07 Å². The lowest BCUT2D eigenvalue weighted by atomic mass is 9.91. The van der Waals surface area contributed by atoms with Gasteiger partial charge in [-0.15, -0.1) is 0 Å². The molecule has 2 heterocycles. The lowest BCUT2D eigenvalue weighted by Gasteiger charge is -2.17. The second kappa shape index (κ2) is 6.54. The van der Waals surface area contributed by atoms with Crippen LogP contribution >= 0.6 is 0 Å². The molecule has 0 aliphatic rings. The van der Waals surface area contributed by atoms with Crippen LogP contribution in [0.25, 0.3) is 10.9 Å². The normalized spacial score (nSPS) is 13.4. The van der Waals surface area contributed by atoms with Crippen molar-refractivity contribution in [2.45, 2.75) is 18.3 Å². The molecule has 2 aromatic heterocycles. The minimum atomic E-state index is -4.98. The van der Waals surface area contributed by atoms with Gasteiger partial charge in [-0.2, -0.15) is 31.6 Å². The van der Waals surface area contributed by atoms with E-state index in [9.17, 15) is 31.6 Å². The fourth-order valence-electron chi connectivity index (χ4n) is 2.73. The molecule has 0 bridgehead atoms. The van der Waals surface area contributed by atoms with Gasteiger partial charge in [0.25, 0.3) is 0 Å². The number of halogens is 6. The molecule has 0 N–H and O–H groups in total. The van der Waals surface area contributed by atoms with Crippen LogP contribution in [0.4, 0.5) is 26.3 Å². The molecule has 1 unspecified atom stereocenters. The van der Waals surface area contributed by atoms with Crippen molar-refractivity contribution in [3.05, 3.63) is 71.2 Å². The minimum Gasteiger partial charge on any atom is -0.260 e. The van der Waals surface area contributed by atoms with E-state index in [0.29, 0.717) is 12.1 Å². The molecule has 3 aromatic rings. The predicted octanol–water partition coefficient (Wildman–Crippen LogP) is 5.32. The summed E-state index contributed by atoms with van der Waals surface area (Å²) >= 11 is 0. The number of para-hydroxylation sites is 1. The predicted molar refractivity (Wildman–Crippen MR) is 83.4 cm³/mol. The zero-order valence-corrected chi connectivity index (χ0v) is 13.3. The van der Waals surface area contributed by atoms with E-state index in [0.717, 1.165) is 6.07 Å². The Labute approximate surface area is 148 Å². The average molecular weight is 381 g/mol. The number of benzene rings is 1. The molecule has 9 heteroatoms. The number of aromatic nitrogens is 2. The maximum Gasteiger partial charge on any atom is 0.433 e. The van der Waals surface area contributed by atoms with Crippen LogP contribution in [0.1, 0.15) is 28.4 Å². The maximum absolute atomic E-state index is 13.3. The smallest absolute Gasteiger partial charge is 0.260 e. The molecule has 0 spiro atoms. The van der Waals surface area contributed by atoms with Crippen molar-refractivity contribution in [1.29, 1.82) is 5.26 Å². The van der Waals surface area contributed by atoms with Gasteiger partial charge in [-0.1, -0.05) is 18.2 Å². The molecule has 0 aliphatic heterocycles. The van der Waals surface area contributed by atoms with Gasteiger partial charge < -0.3 is 0 Å². The molecule has 0 aliphatic carbocycles. The molecule has 0 fully saturated rings. The Balaban J connectivity index is 2.40. The van der Waals surface area contributed by atoms with Gasteiger partial charge in [0.15, 0.2) is 0 Å². The summed E-state index contributed by atoms with van der Waals surface area (Å²) in [7, 11) is 0. The summed E-state index contributed by atoms with van der Waals surface area (Å²) < 4.78 is 79.6. The number of fused-ring (bicyclic) bond motifs is 1. The van der Waals surface area contributed by atoms with E-state index in [4.69, 9.17) is 0 Å². The van der Waals surface area contributed by atoms with E-state index in [1.165, 1.54) is 24.4 Å². The van der Waals surface area contributed by atoms with Gasteiger partial charge in [0, 0.05) is 11.6 Å². The summed E-state index contributed by atoms with van der Waals surface area (Å²) in [6, 6.07) is 9.85. The van der Waals surface area contributed by atoms with Crippen LogP contribution in [0.2, 0.25) is 0 Å². The number of pyridine rings is 2. The molecule has 0 amide bonds. The van der Waals surface area contributed by atoms with Crippen molar-refractivity contribution in [3.8, 4) is 6.07 Å². The Hall–Kier alpha value is -3.15. The Kier molecular flexibility index (Phi) is 4.51. The average Bonchev–Trinajstić information content (AvgIpc) is 2.61. The first-order chi connectivity index (χ1) is 12.6. The van der Waals surface area contributed by atoms with E-state index in [2.05, 4.69) is 9.97 Å². The van der Waals surface area contributed by atoms with Crippen molar-refractivity contribution in [2.24, 2.45) is 0 Å². The molecular weight excluding hydrogens is 372 g/mol. The molecular formula is C18H9F6N3. The third kappa shape index (κ3) is 3.56. The maximum atomic E-state index is 13.3. The van der Waals surface area contributed by atoms with Gasteiger partial charge in [-0.3, -0.25) is 4.98 Å². The van der Waals surface area contributed by atoms with Crippen LogP contribution in [0, 0.1) is 11.3 Å². The summed E-state index contributed by atoms with van der Waals surface area (Å²) in [5, 5.41) is 9.32. The largest absolute Gasteiger partial charge is 0.433 e. The zero-order chi connectivity index (χ0) is 19.8.